The normalized spacial score (nSPS) is 19.3. The molecule has 0 bridgehead atoms. The van der Waals surface area contributed by atoms with E-state index in [-0.39, 0.29) is 23.6 Å². The number of imide groups is 1. The molecule has 4 rings (SSSR count). The van der Waals surface area contributed by atoms with E-state index in [1.165, 1.54) is 34.8 Å². The molecule has 1 aliphatic rings. The van der Waals surface area contributed by atoms with Crippen LogP contribution in [0.15, 0.2) is 60.8 Å². The minimum Gasteiger partial charge on any atom is -0.508 e. The fourth-order valence-electron chi connectivity index (χ4n) is 5.57. The van der Waals surface area contributed by atoms with E-state index < -0.39 is 30.0 Å². The third kappa shape index (κ3) is 7.24. The zero-order valence-corrected chi connectivity index (χ0v) is 23.6. The summed E-state index contributed by atoms with van der Waals surface area (Å²) in [6, 6.07) is 12.9. The van der Waals surface area contributed by atoms with Gasteiger partial charge in [-0.05, 0) is 55.2 Å². The number of aryl methyl sites for hydroxylation is 1. The molecule has 5 N–H and O–H groups in total. The van der Waals surface area contributed by atoms with Crippen molar-refractivity contribution >= 4 is 23.6 Å². The van der Waals surface area contributed by atoms with Gasteiger partial charge in [0.15, 0.2) is 0 Å². The van der Waals surface area contributed by atoms with Gasteiger partial charge in [-0.25, -0.2) is 9.59 Å². The van der Waals surface area contributed by atoms with Gasteiger partial charge in [0, 0.05) is 18.8 Å². The number of phenols is 2. The summed E-state index contributed by atoms with van der Waals surface area (Å²) in [5.74, 6) is -0.775. The lowest BCUT2D eigenvalue weighted by Crippen LogP contribution is -2.62. The molecule has 0 aliphatic carbocycles. The molecule has 2 aromatic carbocycles. The van der Waals surface area contributed by atoms with E-state index in [9.17, 15) is 24.6 Å². The van der Waals surface area contributed by atoms with Crippen molar-refractivity contribution in [3.63, 3.8) is 0 Å². The Morgan fingerprint density at radius 2 is 1.85 bits per heavy atom. The third-order valence-electron chi connectivity index (χ3n) is 7.54. The molecule has 3 atom stereocenters. The number of nitrogens with one attached hydrogen (secondary N) is 1. The average Bonchev–Trinajstić information content (AvgIpc) is 3.28. The topological polar surface area (TPSA) is 147 Å². The highest BCUT2D eigenvalue weighted by molar-refractivity contribution is 6.03. The second-order valence-corrected chi connectivity index (χ2v) is 11.0. The van der Waals surface area contributed by atoms with Gasteiger partial charge in [-0.2, -0.15) is 0 Å². The monoisotopic (exact) mass is 564 g/mol. The first kappa shape index (κ1) is 29.6. The maximum atomic E-state index is 13.9. The van der Waals surface area contributed by atoms with E-state index in [2.05, 4.69) is 12.4 Å². The van der Waals surface area contributed by atoms with Crippen LogP contribution in [0.1, 0.15) is 34.5 Å². The summed E-state index contributed by atoms with van der Waals surface area (Å²) >= 11 is 0. The molecule has 1 unspecified atom stereocenters. The molecule has 0 saturated carbocycles. The summed E-state index contributed by atoms with van der Waals surface area (Å²) < 4.78 is 6.91. The van der Waals surface area contributed by atoms with Gasteiger partial charge in [0.1, 0.15) is 30.3 Å². The molecular weight excluding hydrogens is 526 g/mol. The van der Waals surface area contributed by atoms with Crippen LogP contribution in [0.3, 0.4) is 0 Å². The number of ether oxygens (including phenoxy) is 1. The number of phenolic OH excluding ortho intramolecular Hbond substituents is 2. The minimum absolute atomic E-state index is 0.106. The highest BCUT2D eigenvalue weighted by Crippen LogP contribution is 2.27. The zero-order valence-electron chi connectivity index (χ0n) is 23.6. The van der Waals surface area contributed by atoms with Crippen LogP contribution in [0.2, 0.25) is 0 Å². The van der Waals surface area contributed by atoms with Crippen LogP contribution in [0.4, 0.5) is 10.5 Å². The van der Waals surface area contributed by atoms with Crippen molar-refractivity contribution in [2.24, 2.45) is 12.8 Å². The van der Waals surface area contributed by atoms with Crippen LogP contribution in [0.5, 0.6) is 11.5 Å². The second kappa shape index (κ2) is 12.4. The second-order valence-electron chi connectivity index (χ2n) is 11.0. The molecule has 1 aromatic heterocycles. The first-order chi connectivity index (χ1) is 19.5. The minimum atomic E-state index is -1.00. The Balaban J connectivity index is 1.59. The number of esters is 1. The summed E-state index contributed by atoms with van der Waals surface area (Å²) in [7, 11) is 5.01. The first-order valence-electron chi connectivity index (χ1n) is 13.5. The smallest absolute Gasteiger partial charge is 0.354 e. The number of likely N-dealkylation sites (N-methyl/N-ethyl adjacent to an activating group) is 1. The Bertz CT molecular complexity index is 1400. The Kier molecular flexibility index (Phi) is 8.99. The van der Waals surface area contributed by atoms with Crippen LogP contribution in [0, 0.1) is 0 Å². The number of methoxy groups -OCH3 is 1. The number of nitrogens with two attached hydrogens (primary N) is 1. The van der Waals surface area contributed by atoms with Crippen LogP contribution >= 0.6 is 0 Å². The van der Waals surface area contributed by atoms with Gasteiger partial charge < -0.3 is 35.1 Å². The number of aromatic hydroxyl groups is 2. The molecule has 3 aromatic rings. The number of hydrogen-bond acceptors (Lipinski definition) is 7. The van der Waals surface area contributed by atoms with Crippen molar-refractivity contribution in [2.75, 3.05) is 32.6 Å². The van der Waals surface area contributed by atoms with Crippen LogP contribution in [0.25, 0.3) is 0 Å². The zero-order chi connectivity index (χ0) is 29.7. The van der Waals surface area contributed by atoms with Crippen LogP contribution < -0.4 is 11.1 Å². The van der Waals surface area contributed by atoms with Crippen molar-refractivity contribution in [3.05, 3.63) is 77.6 Å². The molecule has 1 aliphatic heterocycles. The van der Waals surface area contributed by atoms with Crippen LogP contribution in [-0.2, 0) is 29.5 Å². The van der Waals surface area contributed by atoms with Crippen molar-refractivity contribution in [1.29, 1.82) is 0 Å². The Morgan fingerprint density at radius 3 is 2.54 bits per heavy atom. The van der Waals surface area contributed by atoms with E-state index in [0.717, 1.165) is 24.1 Å². The summed E-state index contributed by atoms with van der Waals surface area (Å²) in [5, 5.41) is 22.3. The van der Waals surface area contributed by atoms with Gasteiger partial charge in [0.2, 0.25) is 5.91 Å². The van der Waals surface area contributed by atoms with E-state index >= 15 is 0 Å². The molecule has 2 heterocycles. The maximum absolute atomic E-state index is 13.9. The number of anilines is 1. The number of carbonyl (C=O) groups is 3. The van der Waals surface area contributed by atoms with Crippen molar-refractivity contribution in [3.8, 4) is 11.5 Å². The predicted octanol–water partition coefficient (Wildman–Crippen LogP) is 2.96. The van der Waals surface area contributed by atoms with Crippen LogP contribution in [-0.4, -0.2) is 81.4 Å². The summed E-state index contributed by atoms with van der Waals surface area (Å²) in [6.07, 6.45) is 3.15. The van der Waals surface area contributed by atoms with Gasteiger partial charge in [-0.3, -0.25) is 9.69 Å². The van der Waals surface area contributed by atoms with Gasteiger partial charge in [-0.15, -0.1) is 0 Å². The van der Waals surface area contributed by atoms with Gasteiger partial charge in [0.25, 0.3) is 0 Å². The molecule has 1 saturated heterocycles. The predicted molar refractivity (Wildman–Crippen MR) is 153 cm³/mol. The third-order valence-corrected chi connectivity index (χ3v) is 7.54. The van der Waals surface area contributed by atoms with E-state index in [1.54, 1.807) is 43.6 Å². The summed E-state index contributed by atoms with van der Waals surface area (Å²) in [4.78, 5) is 40.9. The maximum Gasteiger partial charge on any atom is 0.354 e. The number of aromatic nitrogens is 1. The SMILES string of the molecule is COC(=O)c1cc(NC(=O)N(C(=O)[C@@H](N)Cc2ccc(O)cc2)[C@H]2CCC[N+](C)(Cc3cccc(O)c3)C2)cn1C. The number of likely N-dealkylation sites (tertiary alicyclic amines) is 1. The molecule has 0 radical (unpaired) electrons. The quantitative estimate of drug-likeness (QED) is 0.243. The average molecular weight is 565 g/mol. The number of hydrogen-bond donors (Lipinski definition) is 4. The van der Waals surface area contributed by atoms with E-state index in [0.29, 0.717) is 29.7 Å². The van der Waals surface area contributed by atoms with Gasteiger partial charge >= 0.3 is 12.0 Å². The van der Waals surface area contributed by atoms with Gasteiger partial charge in [-0.1, -0.05) is 24.3 Å². The fourth-order valence-corrected chi connectivity index (χ4v) is 5.57. The van der Waals surface area contributed by atoms with Crippen molar-refractivity contribution in [2.45, 2.75) is 37.9 Å². The molecule has 11 heteroatoms. The number of piperidine rings is 1. The largest absolute Gasteiger partial charge is 0.508 e. The lowest BCUT2D eigenvalue weighted by atomic mass is 9.98. The number of nitrogens with zero attached hydrogens (tertiary/aromatic N) is 3. The lowest BCUT2D eigenvalue weighted by Gasteiger charge is -2.44. The number of quaternary nitrogens is 1. The standard InChI is InChI=1S/C30H37N5O6/c1-33-17-22(16-27(33)29(39)41-3)32-30(40)34(28(38)26(31)15-20-9-11-24(36)12-10-20)23-7-5-13-35(2,19-23)18-21-6-4-8-25(37)14-21/h4,6,8-12,14,16-17,23,26H,5,7,13,15,18-19,31H2,1-3H3,(H2-,32,36,37,40)/p+1/t23-,26-,35?/m0/s1. The number of rotatable bonds is 8. The fraction of sp³-hybridized carbons (Fsp3) is 0.367. The van der Waals surface area contributed by atoms with Gasteiger partial charge in [0.05, 0.1) is 38.5 Å². The summed E-state index contributed by atoms with van der Waals surface area (Å²) in [6.45, 7) is 1.97. The molecule has 3 amide bonds. The number of urea groups is 1. The lowest BCUT2D eigenvalue weighted by molar-refractivity contribution is -0.928. The van der Waals surface area contributed by atoms with E-state index in [1.807, 2.05) is 6.07 Å². The molecule has 218 valence electrons. The Hall–Kier alpha value is -4.35. The van der Waals surface area contributed by atoms with Crippen molar-refractivity contribution < 1.29 is 33.8 Å². The molecule has 1 fully saturated rings. The van der Waals surface area contributed by atoms with E-state index in [4.69, 9.17) is 10.5 Å². The number of amides is 3. The molecule has 0 spiro atoms. The Labute approximate surface area is 239 Å². The highest BCUT2D eigenvalue weighted by Gasteiger charge is 2.41. The summed E-state index contributed by atoms with van der Waals surface area (Å²) in [5.41, 5.74) is 8.69. The molecule has 41 heavy (non-hydrogen) atoms. The molecule has 11 nitrogen and oxygen atoms in total. The number of carbonyl (C=O) groups excluding carboxylic acids is 3. The first-order valence-corrected chi connectivity index (χ1v) is 13.5. The highest BCUT2D eigenvalue weighted by atomic mass is 16.5. The molecular formula is C30H38N5O6+. The number of benzene rings is 2. The Morgan fingerprint density at radius 1 is 1.12 bits per heavy atom. The van der Waals surface area contributed by atoms with Crippen molar-refractivity contribution in [1.82, 2.24) is 9.47 Å².